The van der Waals surface area contributed by atoms with Crippen molar-refractivity contribution >= 4 is 28.6 Å². The molecule has 1 atom stereocenters. The van der Waals surface area contributed by atoms with E-state index in [-0.39, 0.29) is 17.5 Å². The molecule has 1 fully saturated rings. The van der Waals surface area contributed by atoms with E-state index in [0.717, 1.165) is 13.0 Å². The van der Waals surface area contributed by atoms with Gasteiger partial charge in [-0.25, -0.2) is 4.98 Å². The number of hydrogen-bond donors (Lipinski definition) is 2. The first-order chi connectivity index (χ1) is 11.1. The molecule has 0 spiro atoms. The van der Waals surface area contributed by atoms with E-state index in [4.69, 9.17) is 5.73 Å². The normalized spacial score (nSPS) is 17.8. The van der Waals surface area contributed by atoms with Crippen LogP contribution in [0.2, 0.25) is 0 Å². The Balaban J connectivity index is 1.51. The summed E-state index contributed by atoms with van der Waals surface area (Å²) in [6.45, 7) is 1.44. The minimum Gasteiger partial charge on any atom is -0.341 e. The lowest BCUT2D eigenvalue weighted by Crippen LogP contribution is -2.32. The third kappa shape index (κ3) is 3.92. The molecule has 2 aromatic rings. The van der Waals surface area contributed by atoms with Gasteiger partial charge in [0.2, 0.25) is 5.91 Å². The fourth-order valence-corrected chi connectivity index (χ4v) is 3.50. The van der Waals surface area contributed by atoms with Crippen LogP contribution >= 0.6 is 11.8 Å². The smallest absolute Gasteiger partial charge is 0.258 e. The molecule has 0 saturated carbocycles. The van der Waals surface area contributed by atoms with Crippen LogP contribution in [0.15, 0.2) is 29.1 Å². The molecule has 3 rings (SSSR count). The lowest BCUT2D eigenvalue weighted by molar-refractivity contribution is -0.129. The zero-order chi connectivity index (χ0) is 16.2. The van der Waals surface area contributed by atoms with Gasteiger partial charge in [-0.1, -0.05) is 12.1 Å². The highest BCUT2D eigenvalue weighted by atomic mass is 32.2. The molecule has 1 amide bonds. The van der Waals surface area contributed by atoms with E-state index in [1.165, 1.54) is 0 Å². The van der Waals surface area contributed by atoms with E-state index < -0.39 is 0 Å². The third-order valence-corrected chi connectivity index (χ3v) is 4.91. The first-order valence-electron chi connectivity index (χ1n) is 7.72. The van der Waals surface area contributed by atoms with Gasteiger partial charge in [0.05, 0.1) is 16.7 Å². The summed E-state index contributed by atoms with van der Waals surface area (Å²) >= 11 is 1.60. The van der Waals surface area contributed by atoms with Crippen molar-refractivity contribution in [2.45, 2.75) is 24.6 Å². The topological polar surface area (TPSA) is 92.1 Å². The number of carbonyl (C=O) groups excluding carboxylic acids is 1. The van der Waals surface area contributed by atoms with Crippen molar-refractivity contribution in [3.05, 3.63) is 40.4 Å². The molecule has 0 unspecified atom stereocenters. The number of benzene rings is 1. The number of H-pyrrole nitrogens is 1. The zero-order valence-electron chi connectivity index (χ0n) is 12.8. The second kappa shape index (κ2) is 7.14. The number of hydrogen-bond acceptors (Lipinski definition) is 5. The molecule has 122 valence electrons. The Morgan fingerprint density at radius 2 is 2.26 bits per heavy atom. The van der Waals surface area contributed by atoms with E-state index in [9.17, 15) is 9.59 Å². The van der Waals surface area contributed by atoms with Crippen molar-refractivity contribution in [2.24, 2.45) is 5.73 Å². The van der Waals surface area contributed by atoms with Crippen molar-refractivity contribution in [2.75, 3.05) is 18.8 Å². The SMILES string of the molecule is N[C@@H]1CCN(C(=O)CCSCc2nc3ccccc3c(=O)[nH]2)C1. The molecule has 1 aliphatic heterocycles. The lowest BCUT2D eigenvalue weighted by Gasteiger charge is -2.15. The molecule has 23 heavy (non-hydrogen) atoms. The molecule has 0 aliphatic carbocycles. The van der Waals surface area contributed by atoms with E-state index in [2.05, 4.69) is 9.97 Å². The van der Waals surface area contributed by atoms with E-state index >= 15 is 0 Å². The maximum Gasteiger partial charge on any atom is 0.258 e. The number of carbonyl (C=O) groups is 1. The minimum absolute atomic E-state index is 0.117. The summed E-state index contributed by atoms with van der Waals surface area (Å²) in [4.78, 5) is 33.1. The highest BCUT2D eigenvalue weighted by Crippen LogP contribution is 2.14. The van der Waals surface area contributed by atoms with Gasteiger partial charge in [0.15, 0.2) is 0 Å². The van der Waals surface area contributed by atoms with Crippen molar-refractivity contribution in [1.29, 1.82) is 0 Å². The van der Waals surface area contributed by atoms with Gasteiger partial charge in [-0.3, -0.25) is 9.59 Å². The predicted molar refractivity (Wildman–Crippen MR) is 92.3 cm³/mol. The molecule has 0 radical (unpaired) electrons. The molecule has 3 N–H and O–H groups in total. The second-order valence-corrected chi connectivity index (χ2v) is 6.83. The number of fused-ring (bicyclic) bond motifs is 1. The van der Waals surface area contributed by atoms with Crippen LogP contribution in [-0.4, -0.2) is 45.7 Å². The number of likely N-dealkylation sites (tertiary alicyclic amines) is 1. The molecular weight excluding hydrogens is 312 g/mol. The molecule has 6 nitrogen and oxygen atoms in total. The summed E-state index contributed by atoms with van der Waals surface area (Å²) in [5.41, 5.74) is 6.40. The van der Waals surface area contributed by atoms with Crippen LogP contribution in [0.25, 0.3) is 10.9 Å². The predicted octanol–water partition coefficient (Wildman–Crippen LogP) is 1.11. The molecule has 1 aromatic heterocycles. The summed E-state index contributed by atoms with van der Waals surface area (Å²) in [7, 11) is 0. The van der Waals surface area contributed by atoms with E-state index in [1.54, 1.807) is 17.8 Å². The van der Waals surface area contributed by atoms with Crippen LogP contribution in [0.4, 0.5) is 0 Å². The van der Waals surface area contributed by atoms with Gasteiger partial charge < -0.3 is 15.6 Å². The Labute approximate surface area is 138 Å². The number of nitrogens with zero attached hydrogens (tertiary/aromatic N) is 2. The molecule has 7 heteroatoms. The maximum atomic E-state index is 12.0. The van der Waals surface area contributed by atoms with Gasteiger partial charge in [0, 0.05) is 31.3 Å². The van der Waals surface area contributed by atoms with Crippen molar-refractivity contribution in [3.63, 3.8) is 0 Å². The summed E-state index contributed by atoms with van der Waals surface area (Å²) in [6.07, 6.45) is 1.39. The Morgan fingerprint density at radius 3 is 3.04 bits per heavy atom. The van der Waals surface area contributed by atoms with Crippen LogP contribution in [0, 0.1) is 0 Å². The second-order valence-electron chi connectivity index (χ2n) is 5.72. The number of nitrogens with one attached hydrogen (secondary N) is 1. The first kappa shape index (κ1) is 16.0. The maximum absolute atomic E-state index is 12.0. The largest absolute Gasteiger partial charge is 0.341 e. The fourth-order valence-electron chi connectivity index (χ4n) is 2.70. The number of rotatable bonds is 5. The molecule has 2 heterocycles. The highest BCUT2D eigenvalue weighted by molar-refractivity contribution is 7.98. The van der Waals surface area contributed by atoms with Crippen molar-refractivity contribution in [3.8, 4) is 0 Å². The standard InChI is InChI=1S/C16H20N4O2S/c17-11-5-7-20(9-11)15(21)6-8-23-10-14-18-13-4-2-1-3-12(13)16(22)19-14/h1-4,11H,5-10,17H2,(H,18,19,22)/t11-/m1/s1. The van der Waals surface area contributed by atoms with Crippen LogP contribution in [0.1, 0.15) is 18.7 Å². The van der Waals surface area contributed by atoms with Gasteiger partial charge in [0.25, 0.3) is 5.56 Å². The number of nitrogens with two attached hydrogens (primary N) is 1. The number of amides is 1. The average Bonchev–Trinajstić information content (AvgIpc) is 2.98. The average molecular weight is 332 g/mol. The van der Waals surface area contributed by atoms with Gasteiger partial charge in [-0.15, -0.1) is 0 Å². The van der Waals surface area contributed by atoms with E-state index in [1.807, 2.05) is 23.1 Å². The van der Waals surface area contributed by atoms with Crippen LogP contribution in [-0.2, 0) is 10.5 Å². The fraction of sp³-hybridized carbons (Fsp3) is 0.438. The number of thioether (sulfide) groups is 1. The number of aromatic nitrogens is 2. The highest BCUT2D eigenvalue weighted by Gasteiger charge is 2.22. The first-order valence-corrected chi connectivity index (χ1v) is 8.88. The van der Waals surface area contributed by atoms with E-state index in [0.29, 0.717) is 41.2 Å². The minimum atomic E-state index is -0.117. The molecule has 0 bridgehead atoms. The quantitative estimate of drug-likeness (QED) is 0.800. The summed E-state index contributed by atoms with van der Waals surface area (Å²) in [6, 6.07) is 7.41. The van der Waals surface area contributed by atoms with Crippen LogP contribution in [0.5, 0.6) is 0 Å². The van der Waals surface area contributed by atoms with Gasteiger partial charge in [0.1, 0.15) is 5.82 Å². The molecule has 1 aliphatic rings. The van der Waals surface area contributed by atoms with Gasteiger partial charge >= 0.3 is 0 Å². The monoisotopic (exact) mass is 332 g/mol. The summed E-state index contributed by atoms with van der Waals surface area (Å²) in [5, 5.41) is 0.599. The third-order valence-electron chi connectivity index (χ3n) is 3.94. The Bertz CT molecular complexity index is 761. The lowest BCUT2D eigenvalue weighted by atomic mass is 10.2. The number of para-hydroxylation sites is 1. The summed E-state index contributed by atoms with van der Waals surface area (Å²) < 4.78 is 0. The molecule has 1 aromatic carbocycles. The van der Waals surface area contributed by atoms with Crippen molar-refractivity contribution < 1.29 is 4.79 Å². The molecule has 1 saturated heterocycles. The van der Waals surface area contributed by atoms with Gasteiger partial charge in [-0.2, -0.15) is 11.8 Å². The number of aromatic amines is 1. The zero-order valence-corrected chi connectivity index (χ0v) is 13.6. The Morgan fingerprint density at radius 1 is 1.43 bits per heavy atom. The van der Waals surface area contributed by atoms with Crippen LogP contribution in [0.3, 0.4) is 0 Å². The summed E-state index contributed by atoms with van der Waals surface area (Å²) in [5.74, 6) is 2.10. The van der Waals surface area contributed by atoms with Crippen molar-refractivity contribution in [1.82, 2.24) is 14.9 Å². The van der Waals surface area contributed by atoms with Crippen LogP contribution < -0.4 is 11.3 Å². The Hall–Kier alpha value is -1.86. The molecular formula is C16H20N4O2S. The Kier molecular flexibility index (Phi) is 4.97. The van der Waals surface area contributed by atoms with Gasteiger partial charge in [-0.05, 0) is 18.6 Å².